The maximum absolute atomic E-state index is 12.5. The number of fused-ring (bicyclic) bond motifs is 1. The Morgan fingerprint density at radius 1 is 1.04 bits per heavy atom. The van der Waals surface area contributed by atoms with Gasteiger partial charge in [-0.25, -0.2) is 0 Å². The Morgan fingerprint density at radius 3 is 2.65 bits per heavy atom. The molecule has 0 fully saturated rings. The molecule has 3 aromatic rings. The Hall–Kier alpha value is -2.55. The second-order valence-corrected chi connectivity index (χ2v) is 5.65. The predicted octanol–water partition coefficient (Wildman–Crippen LogP) is 4.48. The van der Waals surface area contributed by atoms with Crippen molar-refractivity contribution >= 4 is 10.9 Å². The van der Waals surface area contributed by atoms with Gasteiger partial charge >= 0.3 is 0 Å². The summed E-state index contributed by atoms with van der Waals surface area (Å²) in [6.07, 6.45) is 2.18. The number of para-hydroxylation sites is 1. The summed E-state index contributed by atoms with van der Waals surface area (Å²) in [5.41, 5.74) is 3.00. The molecule has 2 aromatic carbocycles. The van der Waals surface area contributed by atoms with Crippen LogP contribution in [0.25, 0.3) is 22.2 Å². The monoisotopic (exact) mass is 307 g/mol. The molecule has 0 aliphatic rings. The highest BCUT2D eigenvalue weighted by atomic mass is 16.5. The van der Waals surface area contributed by atoms with Gasteiger partial charge in [-0.05, 0) is 30.7 Å². The van der Waals surface area contributed by atoms with E-state index in [1.165, 1.54) is 0 Å². The predicted molar refractivity (Wildman–Crippen MR) is 95.1 cm³/mol. The number of aryl methyl sites for hydroxylation is 1. The molecular formula is C20H21NO2. The Morgan fingerprint density at radius 2 is 1.87 bits per heavy atom. The number of unbranched alkanes of at least 4 members (excludes halogenated alkanes) is 1. The minimum Gasteiger partial charge on any atom is -0.497 e. The number of ether oxygens (including phenoxy) is 1. The highest BCUT2D eigenvalue weighted by Crippen LogP contribution is 2.26. The highest BCUT2D eigenvalue weighted by Gasteiger charge is 2.11. The summed E-state index contributed by atoms with van der Waals surface area (Å²) in [7, 11) is 1.66. The molecule has 0 saturated heterocycles. The van der Waals surface area contributed by atoms with Crippen molar-refractivity contribution in [2.45, 2.75) is 26.3 Å². The molecule has 3 rings (SSSR count). The van der Waals surface area contributed by atoms with Crippen LogP contribution in [0.3, 0.4) is 0 Å². The molecule has 1 aromatic heterocycles. The molecule has 0 spiro atoms. The minimum absolute atomic E-state index is 0.0613. The van der Waals surface area contributed by atoms with Crippen LogP contribution in [-0.2, 0) is 6.54 Å². The quantitative estimate of drug-likeness (QED) is 0.696. The van der Waals surface area contributed by atoms with Gasteiger partial charge in [-0.2, -0.15) is 0 Å². The van der Waals surface area contributed by atoms with Gasteiger partial charge in [0.2, 0.25) is 0 Å². The molecule has 0 aliphatic carbocycles. The molecule has 0 saturated carbocycles. The summed E-state index contributed by atoms with van der Waals surface area (Å²) >= 11 is 0. The van der Waals surface area contributed by atoms with Gasteiger partial charge in [-0.1, -0.05) is 37.6 Å². The molecule has 3 nitrogen and oxygen atoms in total. The van der Waals surface area contributed by atoms with E-state index < -0.39 is 0 Å². The van der Waals surface area contributed by atoms with Crippen molar-refractivity contribution in [2.75, 3.05) is 7.11 Å². The van der Waals surface area contributed by atoms with Crippen LogP contribution < -0.4 is 10.2 Å². The summed E-state index contributed by atoms with van der Waals surface area (Å²) in [5.74, 6) is 0.796. The van der Waals surface area contributed by atoms with Crippen LogP contribution >= 0.6 is 0 Å². The summed E-state index contributed by atoms with van der Waals surface area (Å²) in [4.78, 5) is 12.5. The zero-order chi connectivity index (χ0) is 16.2. The lowest BCUT2D eigenvalue weighted by Gasteiger charge is -2.17. The second kappa shape index (κ2) is 6.69. The lowest BCUT2D eigenvalue weighted by atomic mass is 10.1. The first-order chi connectivity index (χ1) is 11.2. The van der Waals surface area contributed by atoms with E-state index in [1.54, 1.807) is 13.2 Å². The van der Waals surface area contributed by atoms with Crippen LogP contribution in [0, 0.1) is 0 Å². The Kier molecular flexibility index (Phi) is 4.47. The van der Waals surface area contributed by atoms with Crippen LogP contribution in [-0.4, -0.2) is 11.7 Å². The Balaban J connectivity index is 2.27. The van der Waals surface area contributed by atoms with Crippen LogP contribution in [0.5, 0.6) is 5.75 Å². The number of rotatable bonds is 5. The van der Waals surface area contributed by atoms with E-state index in [0.717, 1.165) is 47.3 Å². The first-order valence-corrected chi connectivity index (χ1v) is 8.01. The molecule has 0 N–H and O–H groups in total. The Bertz CT molecular complexity index is 880. The molecule has 1 heterocycles. The molecule has 0 amide bonds. The lowest BCUT2D eigenvalue weighted by Crippen LogP contribution is -2.12. The van der Waals surface area contributed by atoms with Gasteiger partial charge in [-0.3, -0.25) is 4.79 Å². The van der Waals surface area contributed by atoms with E-state index in [9.17, 15) is 4.79 Å². The standard InChI is InChI=1S/C20H21NO2/c1-3-4-12-21-18-11-6-5-10-17(18)20(22)14-19(21)15-8-7-9-16(13-15)23-2/h5-11,13-14H,3-4,12H2,1-2H3. The highest BCUT2D eigenvalue weighted by molar-refractivity contribution is 5.82. The van der Waals surface area contributed by atoms with Crippen LogP contribution in [0.1, 0.15) is 19.8 Å². The summed E-state index contributed by atoms with van der Waals surface area (Å²) in [5, 5.41) is 0.773. The van der Waals surface area contributed by atoms with E-state index in [1.807, 2.05) is 48.5 Å². The number of nitrogens with zero attached hydrogens (tertiary/aromatic N) is 1. The number of pyridine rings is 1. The average molecular weight is 307 g/mol. The first kappa shape index (κ1) is 15.3. The van der Waals surface area contributed by atoms with Gasteiger partial charge in [-0.15, -0.1) is 0 Å². The minimum atomic E-state index is 0.0613. The summed E-state index contributed by atoms with van der Waals surface area (Å²) in [6.45, 7) is 3.07. The SMILES string of the molecule is CCCCn1c(-c2cccc(OC)c2)cc(=O)c2ccccc21. The number of methoxy groups -OCH3 is 1. The Labute approximate surface area is 136 Å². The largest absolute Gasteiger partial charge is 0.497 e. The van der Waals surface area contributed by atoms with Crippen molar-refractivity contribution in [3.05, 3.63) is 64.8 Å². The van der Waals surface area contributed by atoms with Gasteiger partial charge in [0.1, 0.15) is 5.75 Å². The molecule has 3 heteroatoms. The van der Waals surface area contributed by atoms with Crippen LogP contribution in [0.15, 0.2) is 59.4 Å². The molecule has 23 heavy (non-hydrogen) atoms. The third kappa shape index (κ3) is 3.00. The average Bonchev–Trinajstić information content (AvgIpc) is 2.61. The zero-order valence-corrected chi connectivity index (χ0v) is 13.6. The van der Waals surface area contributed by atoms with E-state index in [4.69, 9.17) is 4.74 Å². The normalized spacial score (nSPS) is 10.9. The van der Waals surface area contributed by atoms with Crippen molar-refractivity contribution in [2.24, 2.45) is 0 Å². The zero-order valence-electron chi connectivity index (χ0n) is 13.6. The van der Waals surface area contributed by atoms with Crippen molar-refractivity contribution in [3.8, 4) is 17.0 Å². The van der Waals surface area contributed by atoms with Crippen molar-refractivity contribution in [1.29, 1.82) is 0 Å². The maximum Gasteiger partial charge on any atom is 0.190 e. The maximum atomic E-state index is 12.5. The molecule has 0 atom stereocenters. The van der Waals surface area contributed by atoms with Gasteiger partial charge in [0.05, 0.1) is 18.3 Å². The molecule has 118 valence electrons. The topological polar surface area (TPSA) is 31.2 Å². The molecule has 0 radical (unpaired) electrons. The molecular weight excluding hydrogens is 286 g/mol. The van der Waals surface area contributed by atoms with Crippen LogP contribution in [0.4, 0.5) is 0 Å². The fourth-order valence-corrected chi connectivity index (χ4v) is 2.91. The molecule has 0 unspecified atom stereocenters. The molecule has 0 aliphatic heterocycles. The van der Waals surface area contributed by atoms with Gasteiger partial charge in [0.15, 0.2) is 5.43 Å². The number of benzene rings is 2. The van der Waals surface area contributed by atoms with E-state index in [2.05, 4.69) is 11.5 Å². The fraction of sp³-hybridized carbons (Fsp3) is 0.250. The third-order valence-corrected chi connectivity index (χ3v) is 4.12. The number of hydrogen-bond acceptors (Lipinski definition) is 2. The van der Waals surface area contributed by atoms with Crippen molar-refractivity contribution in [3.63, 3.8) is 0 Å². The number of aromatic nitrogens is 1. The van der Waals surface area contributed by atoms with E-state index in [-0.39, 0.29) is 5.43 Å². The third-order valence-electron chi connectivity index (χ3n) is 4.12. The van der Waals surface area contributed by atoms with Gasteiger partial charge in [0, 0.05) is 23.6 Å². The van der Waals surface area contributed by atoms with Gasteiger partial charge in [0.25, 0.3) is 0 Å². The number of hydrogen-bond donors (Lipinski definition) is 0. The van der Waals surface area contributed by atoms with E-state index >= 15 is 0 Å². The van der Waals surface area contributed by atoms with Crippen molar-refractivity contribution in [1.82, 2.24) is 4.57 Å². The van der Waals surface area contributed by atoms with Crippen molar-refractivity contribution < 1.29 is 4.74 Å². The fourth-order valence-electron chi connectivity index (χ4n) is 2.91. The summed E-state index contributed by atoms with van der Waals surface area (Å²) < 4.78 is 7.57. The van der Waals surface area contributed by atoms with E-state index in [0.29, 0.717) is 0 Å². The van der Waals surface area contributed by atoms with Gasteiger partial charge < -0.3 is 9.30 Å². The van der Waals surface area contributed by atoms with Crippen LogP contribution in [0.2, 0.25) is 0 Å². The molecule has 0 bridgehead atoms. The summed E-state index contributed by atoms with van der Waals surface area (Å²) in [6, 6.07) is 17.4. The smallest absolute Gasteiger partial charge is 0.190 e. The second-order valence-electron chi connectivity index (χ2n) is 5.65. The first-order valence-electron chi connectivity index (χ1n) is 8.01. The lowest BCUT2D eigenvalue weighted by molar-refractivity contribution is 0.415.